The smallest absolute Gasteiger partial charge is 0.328 e. The van der Waals surface area contributed by atoms with Crippen LogP contribution in [-0.4, -0.2) is 34.2 Å². The predicted molar refractivity (Wildman–Crippen MR) is 81.3 cm³/mol. The molecule has 0 aliphatic carbocycles. The fraction of sp³-hybridized carbons (Fsp3) is 0.200. The molecule has 0 spiro atoms. The maximum atomic E-state index is 10.8. The van der Waals surface area contributed by atoms with Gasteiger partial charge in [-0.15, -0.1) is 0 Å². The lowest BCUT2D eigenvalue weighted by Crippen LogP contribution is -1.90. The number of benzene rings is 1. The van der Waals surface area contributed by atoms with Gasteiger partial charge in [-0.2, -0.15) is 0 Å². The molecular weight excluding hydrogens is 292 g/mol. The quantitative estimate of drug-likeness (QED) is 0.655. The minimum atomic E-state index is -1.08. The summed E-state index contributed by atoms with van der Waals surface area (Å²) in [6.07, 6.45) is 2.36. The number of carboxylic acid groups (broad SMARTS) is 1. The van der Waals surface area contributed by atoms with Gasteiger partial charge in [-0.3, -0.25) is 4.79 Å². The van der Waals surface area contributed by atoms with Crippen molar-refractivity contribution in [3.8, 4) is 23.3 Å². The topological polar surface area (TPSA) is 83.8 Å². The van der Waals surface area contributed by atoms with Gasteiger partial charge in [-0.05, 0) is 23.8 Å². The van der Waals surface area contributed by atoms with E-state index in [9.17, 15) is 14.7 Å². The van der Waals surface area contributed by atoms with Gasteiger partial charge in [0.1, 0.15) is 0 Å². The van der Waals surface area contributed by atoms with Crippen molar-refractivity contribution in [1.29, 1.82) is 0 Å². The Morgan fingerprint density at radius 3 is 2.71 bits per heavy atom. The number of aliphatic carboxylic acids is 1. The molecule has 0 radical (unpaired) electrons. The van der Waals surface area contributed by atoms with Crippen molar-refractivity contribution < 1.29 is 24.5 Å². The van der Waals surface area contributed by atoms with Crippen molar-refractivity contribution in [1.82, 2.24) is 0 Å². The molecule has 0 heterocycles. The third kappa shape index (κ3) is 5.63. The van der Waals surface area contributed by atoms with E-state index in [-0.39, 0.29) is 16.6 Å². The van der Waals surface area contributed by atoms with Crippen LogP contribution < -0.4 is 4.74 Å². The fourth-order valence-corrected chi connectivity index (χ4v) is 1.76. The second-order valence-corrected chi connectivity index (χ2v) is 5.03. The number of methoxy groups -OCH3 is 1. The third-order valence-electron chi connectivity index (χ3n) is 2.31. The molecule has 0 aromatic heterocycles. The Hall–Kier alpha value is -2.39. The summed E-state index contributed by atoms with van der Waals surface area (Å²) in [6.45, 7) is 1.45. The molecule has 110 valence electrons. The number of phenolic OH excluding ortho intramolecular Hbond substituents is 1. The molecule has 0 bridgehead atoms. The summed E-state index contributed by atoms with van der Waals surface area (Å²) in [5.74, 6) is 4.81. The molecule has 1 aromatic rings. The Bertz CT molecular complexity index is 637. The molecule has 0 saturated carbocycles. The molecule has 1 aromatic carbocycles. The van der Waals surface area contributed by atoms with Gasteiger partial charge >= 0.3 is 5.97 Å². The Morgan fingerprint density at radius 2 is 2.14 bits per heavy atom. The SMILES string of the molecule is COc1cc(C=CC(=O)O)cc(C#CCSC(C)=O)c1O. The van der Waals surface area contributed by atoms with E-state index in [0.29, 0.717) is 16.9 Å². The van der Waals surface area contributed by atoms with Gasteiger partial charge in [0.25, 0.3) is 0 Å². The van der Waals surface area contributed by atoms with Gasteiger partial charge in [0, 0.05) is 13.0 Å². The number of ether oxygens (including phenoxy) is 1. The minimum absolute atomic E-state index is 0.0377. The van der Waals surface area contributed by atoms with E-state index in [0.717, 1.165) is 17.8 Å². The van der Waals surface area contributed by atoms with Crippen molar-refractivity contribution in [2.75, 3.05) is 12.9 Å². The molecule has 0 saturated heterocycles. The van der Waals surface area contributed by atoms with Gasteiger partial charge in [0.15, 0.2) is 16.6 Å². The zero-order chi connectivity index (χ0) is 15.8. The molecule has 5 nitrogen and oxygen atoms in total. The lowest BCUT2D eigenvalue weighted by molar-refractivity contribution is -0.131. The van der Waals surface area contributed by atoms with Crippen LogP contribution in [0.4, 0.5) is 0 Å². The largest absolute Gasteiger partial charge is 0.503 e. The molecule has 0 aliphatic rings. The van der Waals surface area contributed by atoms with Crippen LogP contribution in [0, 0.1) is 11.8 Å². The first-order valence-corrected chi connectivity index (χ1v) is 6.87. The minimum Gasteiger partial charge on any atom is -0.503 e. The number of rotatable bonds is 4. The fourth-order valence-electron chi connectivity index (χ4n) is 1.41. The molecule has 0 aliphatic heterocycles. The number of carboxylic acids is 1. The Balaban J connectivity index is 3.08. The normalized spacial score (nSPS) is 10.0. The molecular formula is C15H14O5S. The summed E-state index contributed by atoms with van der Waals surface area (Å²) in [4.78, 5) is 21.3. The van der Waals surface area contributed by atoms with Crippen molar-refractivity contribution in [2.24, 2.45) is 0 Å². The standard InChI is InChI=1S/C15H14O5S/c1-10(16)21-7-3-4-12-8-11(5-6-14(17)18)9-13(20-2)15(12)19/h5-6,8-9,19H,7H2,1-2H3,(H,17,18). The van der Waals surface area contributed by atoms with E-state index in [1.54, 1.807) is 6.07 Å². The van der Waals surface area contributed by atoms with Gasteiger partial charge in [-0.25, -0.2) is 4.79 Å². The molecule has 6 heteroatoms. The number of hydrogen-bond acceptors (Lipinski definition) is 5. The van der Waals surface area contributed by atoms with Crippen molar-refractivity contribution in [2.45, 2.75) is 6.92 Å². The Morgan fingerprint density at radius 1 is 1.43 bits per heavy atom. The summed E-state index contributed by atoms with van der Waals surface area (Å²) >= 11 is 1.07. The highest BCUT2D eigenvalue weighted by Crippen LogP contribution is 2.31. The van der Waals surface area contributed by atoms with Gasteiger partial charge in [-0.1, -0.05) is 23.6 Å². The summed E-state index contributed by atoms with van der Waals surface area (Å²) < 4.78 is 5.02. The van der Waals surface area contributed by atoms with Crippen LogP contribution >= 0.6 is 11.8 Å². The molecule has 0 amide bonds. The number of aromatic hydroxyl groups is 1. The van der Waals surface area contributed by atoms with E-state index >= 15 is 0 Å². The van der Waals surface area contributed by atoms with E-state index in [1.165, 1.54) is 26.2 Å². The first-order chi connectivity index (χ1) is 9.93. The summed E-state index contributed by atoms with van der Waals surface area (Å²) in [5, 5.41) is 18.5. The molecule has 1 rings (SSSR count). The van der Waals surface area contributed by atoms with E-state index in [1.807, 2.05) is 0 Å². The predicted octanol–water partition coefficient (Wildman–Crippen LogP) is 2.13. The average Bonchev–Trinajstić information content (AvgIpc) is 2.43. The number of carbonyl (C=O) groups excluding carboxylic acids is 1. The third-order valence-corrected chi connectivity index (χ3v) is 3.00. The number of thioether (sulfide) groups is 1. The number of phenols is 1. The maximum absolute atomic E-state index is 10.8. The molecule has 21 heavy (non-hydrogen) atoms. The van der Waals surface area contributed by atoms with E-state index in [4.69, 9.17) is 9.84 Å². The average molecular weight is 306 g/mol. The summed E-state index contributed by atoms with van der Waals surface area (Å²) in [5.41, 5.74) is 0.846. The van der Waals surface area contributed by atoms with Crippen LogP contribution in [0.2, 0.25) is 0 Å². The summed E-state index contributed by atoms with van der Waals surface area (Å²) in [6, 6.07) is 3.05. The molecule has 0 fully saturated rings. The van der Waals surface area contributed by atoms with Crippen molar-refractivity contribution >= 4 is 28.9 Å². The van der Waals surface area contributed by atoms with E-state index < -0.39 is 5.97 Å². The van der Waals surface area contributed by atoms with Crippen molar-refractivity contribution in [3.05, 3.63) is 29.3 Å². The molecule has 2 N–H and O–H groups in total. The maximum Gasteiger partial charge on any atom is 0.328 e. The molecule has 0 unspecified atom stereocenters. The van der Waals surface area contributed by atoms with Crippen LogP contribution in [0.3, 0.4) is 0 Å². The number of hydrogen-bond donors (Lipinski definition) is 2. The zero-order valence-corrected chi connectivity index (χ0v) is 12.4. The van der Waals surface area contributed by atoms with Crippen LogP contribution in [0.25, 0.3) is 6.08 Å². The lowest BCUT2D eigenvalue weighted by atomic mass is 10.1. The zero-order valence-electron chi connectivity index (χ0n) is 11.5. The second-order valence-electron chi connectivity index (χ2n) is 3.87. The van der Waals surface area contributed by atoms with E-state index in [2.05, 4.69) is 11.8 Å². The van der Waals surface area contributed by atoms with Gasteiger partial charge in [0.05, 0.1) is 18.4 Å². The monoisotopic (exact) mass is 306 g/mol. The Labute approximate surface area is 126 Å². The first-order valence-electron chi connectivity index (χ1n) is 5.88. The van der Waals surface area contributed by atoms with Crippen LogP contribution in [0.5, 0.6) is 11.5 Å². The molecule has 0 atom stereocenters. The second kappa shape index (κ2) is 8.02. The van der Waals surface area contributed by atoms with Crippen LogP contribution in [-0.2, 0) is 9.59 Å². The highest BCUT2D eigenvalue weighted by molar-refractivity contribution is 8.13. The Kier molecular flexibility index (Phi) is 6.37. The van der Waals surface area contributed by atoms with Crippen molar-refractivity contribution in [3.63, 3.8) is 0 Å². The van der Waals surface area contributed by atoms with Crippen LogP contribution in [0.1, 0.15) is 18.1 Å². The lowest BCUT2D eigenvalue weighted by Gasteiger charge is -2.06. The highest BCUT2D eigenvalue weighted by atomic mass is 32.2. The summed E-state index contributed by atoms with van der Waals surface area (Å²) in [7, 11) is 1.39. The first kappa shape index (κ1) is 16.7. The van der Waals surface area contributed by atoms with Crippen LogP contribution in [0.15, 0.2) is 18.2 Å². The van der Waals surface area contributed by atoms with Gasteiger partial charge in [0.2, 0.25) is 0 Å². The number of carbonyl (C=O) groups is 2. The highest BCUT2D eigenvalue weighted by Gasteiger charge is 2.08. The van der Waals surface area contributed by atoms with Gasteiger partial charge < -0.3 is 14.9 Å².